The summed E-state index contributed by atoms with van der Waals surface area (Å²) in [7, 11) is 0. The lowest BCUT2D eigenvalue weighted by molar-refractivity contribution is 0.0527. The number of amides is 1. The van der Waals surface area contributed by atoms with Gasteiger partial charge in [0.05, 0.1) is 22.9 Å². The quantitative estimate of drug-likeness (QED) is 0.632. The van der Waals surface area contributed by atoms with Gasteiger partial charge in [-0.3, -0.25) is 4.79 Å². The number of thiophene rings is 1. The van der Waals surface area contributed by atoms with Gasteiger partial charge >= 0.3 is 5.97 Å². The topological polar surface area (TPSA) is 55.4 Å². The highest BCUT2D eigenvalue weighted by atomic mass is 35.5. The maximum Gasteiger partial charge on any atom is 0.340 e. The summed E-state index contributed by atoms with van der Waals surface area (Å²) in [6, 6.07) is 12.6. The SMILES string of the molecule is CCOC(=O)c1ccccc1NC(=O)c1sc2cc(C)ccc2c1Cl. The number of carbonyl (C=O) groups excluding carboxylic acids is 2. The van der Waals surface area contributed by atoms with Gasteiger partial charge < -0.3 is 10.1 Å². The van der Waals surface area contributed by atoms with Crippen LogP contribution in [0, 0.1) is 6.92 Å². The lowest BCUT2D eigenvalue weighted by Gasteiger charge is -2.09. The molecule has 4 nitrogen and oxygen atoms in total. The number of hydrogen-bond donors (Lipinski definition) is 1. The van der Waals surface area contributed by atoms with Crippen LogP contribution in [0.25, 0.3) is 10.1 Å². The van der Waals surface area contributed by atoms with Crippen LogP contribution in [0.4, 0.5) is 5.69 Å². The van der Waals surface area contributed by atoms with E-state index in [1.54, 1.807) is 31.2 Å². The molecule has 0 saturated heterocycles. The number of ether oxygens (including phenoxy) is 1. The van der Waals surface area contributed by atoms with E-state index >= 15 is 0 Å². The van der Waals surface area contributed by atoms with Crippen molar-refractivity contribution in [2.45, 2.75) is 13.8 Å². The van der Waals surface area contributed by atoms with Crippen molar-refractivity contribution < 1.29 is 14.3 Å². The minimum Gasteiger partial charge on any atom is -0.462 e. The number of nitrogens with one attached hydrogen (secondary N) is 1. The Morgan fingerprint density at radius 1 is 1.20 bits per heavy atom. The number of halogens is 1. The summed E-state index contributed by atoms with van der Waals surface area (Å²) in [5.74, 6) is -0.822. The van der Waals surface area contributed by atoms with E-state index < -0.39 is 5.97 Å². The minimum absolute atomic E-state index is 0.266. The van der Waals surface area contributed by atoms with E-state index in [0.29, 0.717) is 21.2 Å². The van der Waals surface area contributed by atoms with Gasteiger partial charge in [-0.1, -0.05) is 35.9 Å². The standard InChI is InChI=1S/C19H16ClNO3S/c1-3-24-19(23)12-6-4-5-7-14(12)21-18(22)17-16(20)13-9-8-11(2)10-15(13)25-17/h4-10H,3H2,1-2H3,(H,21,22). The van der Waals surface area contributed by atoms with Crippen LogP contribution in [-0.2, 0) is 4.74 Å². The van der Waals surface area contributed by atoms with Crippen LogP contribution in [0.15, 0.2) is 42.5 Å². The largest absolute Gasteiger partial charge is 0.462 e. The van der Waals surface area contributed by atoms with Gasteiger partial charge in [0.15, 0.2) is 0 Å². The van der Waals surface area contributed by atoms with Crippen molar-refractivity contribution in [2.75, 3.05) is 11.9 Å². The van der Waals surface area contributed by atoms with Crippen LogP contribution in [0.1, 0.15) is 32.5 Å². The Morgan fingerprint density at radius 2 is 1.96 bits per heavy atom. The predicted molar refractivity (Wildman–Crippen MR) is 102 cm³/mol. The predicted octanol–water partition coefficient (Wildman–Crippen LogP) is 5.29. The van der Waals surface area contributed by atoms with Crippen LogP contribution in [-0.4, -0.2) is 18.5 Å². The summed E-state index contributed by atoms with van der Waals surface area (Å²) in [5.41, 5.74) is 1.81. The van der Waals surface area contributed by atoms with Crippen LogP contribution in [0.2, 0.25) is 5.02 Å². The van der Waals surface area contributed by atoms with E-state index in [4.69, 9.17) is 16.3 Å². The van der Waals surface area contributed by atoms with Gasteiger partial charge in [0, 0.05) is 10.1 Å². The highest BCUT2D eigenvalue weighted by Gasteiger charge is 2.20. The molecule has 1 N–H and O–H groups in total. The van der Waals surface area contributed by atoms with E-state index in [0.717, 1.165) is 15.6 Å². The zero-order chi connectivity index (χ0) is 18.0. The fourth-order valence-corrected chi connectivity index (χ4v) is 3.99. The Hall–Kier alpha value is -2.37. The molecule has 1 aromatic heterocycles. The first-order chi connectivity index (χ1) is 12.0. The number of rotatable bonds is 4. The van der Waals surface area contributed by atoms with Crippen LogP contribution in [0.3, 0.4) is 0 Å². The number of hydrogen-bond acceptors (Lipinski definition) is 4. The molecule has 2 aromatic carbocycles. The van der Waals surface area contributed by atoms with Gasteiger partial charge in [-0.05, 0) is 37.6 Å². The smallest absolute Gasteiger partial charge is 0.340 e. The number of anilines is 1. The van der Waals surface area contributed by atoms with Gasteiger partial charge in [-0.25, -0.2) is 4.79 Å². The summed E-state index contributed by atoms with van der Waals surface area (Å²) in [4.78, 5) is 25.1. The Morgan fingerprint density at radius 3 is 2.72 bits per heavy atom. The van der Waals surface area contributed by atoms with Crippen molar-refractivity contribution in [3.63, 3.8) is 0 Å². The number of esters is 1. The molecule has 128 valence electrons. The van der Waals surface area contributed by atoms with Crippen molar-refractivity contribution >= 4 is 50.6 Å². The maximum atomic E-state index is 12.7. The molecule has 0 aliphatic heterocycles. The fraction of sp³-hybridized carbons (Fsp3) is 0.158. The molecule has 0 aliphatic carbocycles. The second-order valence-electron chi connectivity index (χ2n) is 5.46. The molecular formula is C19H16ClNO3S. The third-order valence-corrected chi connectivity index (χ3v) is 5.32. The summed E-state index contributed by atoms with van der Waals surface area (Å²) in [5, 5.41) is 4.04. The van der Waals surface area contributed by atoms with Gasteiger partial charge in [0.2, 0.25) is 0 Å². The lowest BCUT2D eigenvalue weighted by atomic mass is 10.1. The Balaban J connectivity index is 1.93. The first-order valence-electron chi connectivity index (χ1n) is 7.77. The second kappa shape index (κ2) is 7.25. The van der Waals surface area contributed by atoms with Crippen molar-refractivity contribution in [1.29, 1.82) is 0 Å². The number of aryl methyl sites for hydroxylation is 1. The first kappa shape index (κ1) is 17.5. The molecule has 0 atom stereocenters. The van der Waals surface area contributed by atoms with E-state index in [1.807, 2.05) is 25.1 Å². The van der Waals surface area contributed by atoms with Crippen molar-refractivity contribution in [2.24, 2.45) is 0 Å². The molecule has 0 aliphatic rings. The number of benzene rings is 2. The monoisotopic (exact) mass is 373 g/mol. The maximum absolute atomic E-state index is 12.7. The average molecular weight is 374 g/mol. The summed E-state index contributed by atoms with van der Waals surface area (Å²) >= 11 is 7.71. The Kier molecular flexibility index (Phi) is 5.06. The third kappa shape index (κ3) is 3.52. The zero-order valence-corrected chi connectivity index (χ0v) is 15.3. The minimum atomic E-state index is -0.475. The zero-order valence-electron chi connectivity index (χ0n) is 13.8. The second-order valence-corrected chi connectivity index (χ2v) is 6.90. The molecule has 25 heavy (non-hydrogen) atoms. The van der Waals surface area contributed by atoms with E-state index in [2.05, 4.69) is 5.32 Å². The van der Waals surface area contributed by atoms with E-state index in [-0.39, 0.29) is 12.5 Å². The first-order valence-corrected chi connectivity index (χ1v) is 8.97. The Labute approximate surface area is 154 Å². The number of fused-ring (bicyclic) bond motifs is 1. The van der Waals surface area contributed by atoms with Gasteiger partial charge in [0.1, 0.15) is 4.88 Å². The number of carbonyl (C=O) groups is 2. The molecule has 0 bridgehead atoms. The molecule has 3 aromatic rings. The summed E-state index contributed by atoms with van der Waals surface area (Å²) in [6.07, 6.45) is 0. The molecule has 1 amide bonds. The fourth-order valence-electron chi connectivity index (χ4n) is 2.48. The average Bonchev–Trinajstić information content (AvgIpc) is 2.91. The normalized spacial score (nSPS) is 10.7. The van der Waals surface area contributed by atoms with Gasteiger partial charge in [-0.15, -0.1) is 11.3 Å². The molecule has 0 spiro atoms. The molecule has 3 rings (SSSR count). The van der Waals surface area contributed by atoms with Crippen molar-refractivity contribution in [3.05, 3.63) is 63.5 Å². The van der Waals surface area contributed by atoms with E-state index in [9.17, 15) is 9.59 Å². The molecule has 0 fully saturated rings. The van der Waals surface area contributed by atoms with Crippen LogP contribution >= 0.6 is 22.9 Å². The van der Waals surface area contributed by atoms with Gasteiger partial charge in [-0.2, -0.15) is 0 Å². The van der Waals surface area contributed by atoms with Crippen LogP contribution in [0.5, 0.6) is 0 Å². The molecule has 0 unspecified atom stereocenters. The molecule has 0 radical (unpaired) electrons. The summed E-state index contributed by atoms with van der Waals surface area (Å²) in [6.45, 7) is 3.99. The molecular weight excluding hydrogens is 358 g/mol. The summed E-state index contributed by atoms with van der Waals surface area (Å²) < 4.78 is 5.98. The highest BCUT2D eigenvalue weighted by Crippen LogP contribution is 2.36. The Bertz CT molecular complexity index is 964. The lowest BCUT2D eigenvalue weighted by Crippen LogP contribution is -2.15. The highest BCUT2D eigenvalue weighted by molar-refractivity contribution is 7.21. The van der Waals surface area contributed by atoms with Crippen molar-refractivity contribution in [1.82, 2.24) is 0 Å². The third-order valence-electron chi connectivity index (χ3n) is 3.66. The molecule has 0 saturated carbocycles. The molecule has 6 heteroatoms. The van der Waals surface area contributed by atoms with Crippen LogP contribution < -0.4 is 5.32 Å². The van der Waals surface area contributed by atoms with Crippen molar-refractivity contribution in [3.8, 4) is 0 Å². The van der Waals surface area contributed by atoms with Gasteiger partial charge in [0.25, 0.3) is 5.91 Å². The van der Waals surface area contributed by atoms with E-state index in [1.165, 1.54) is 11.3 Å². The molecule has 1 heterocycles. The number of para-hydroxylation sites is 1.